The van der Waals surface area contributed by atoms with Crippen LogP contribution in [-0.2, 0) is 21.1 Å². The molecule has 1 aliphatic rings. The number of alkyl halides is 1. The summed E-state index contributed by atoms with van der Waals surface area (Å²) in [7, 11) is -1.61. The molecule has 1 saturated heterocycles. The van der Waals surface area contributed by atoms with Crippen molar-refractivity contribution in [1.82, 2.24) is 5.32 Å². The minimum absolute atomic E-state index is 0.0891. The number of carbonyl (C=O) groups is 1. The van der Waals surface area contributed by atoms with Crippen LogP contribution in [0.2, 0.25) is 0 Å². The molecule has 0 saturated carbocycles. The molecule has 1 aromatic carbocycles. The van der Waals surface area contributed by atoms with E-state index < -0.39 is 21.3 Å². The summed E-state index contributed by atoms with van der Waals surface area (Å²) in [6.07, 6.45) is 0.129. The van der Waals surface area contributed by atoms with Gasteiger partial charge in [-0.2, -0.15) is 0 Å². The molecular weight excluding hydrogens is 302 g/mol. The Morgan fingerprint density at radius 1 is 1.40 bits per heavy atom. The maximum atomic E-state index is 12.0. The number of benzene rings is 1. The smallest absolute Gasteiger partial charge is 0.224 e. The van der Waals surface area contributed by atoms with E-state index in [9.17, 15) is 13.2 Å². The monoisotopic (exact) mass is 317 g/mol. The molecular formula is C13H16ClNO4S. The van der Waals surface area contributed by atoms with Crippen molar-refractivity contribution in [2.75, 3.05) is 18.6 Å². The van der Waals surface area contributed by atoms with Crippen molar-refractivity contribution in [2.24, 2.45) is 0 Å². The van der Waals surface area contributed by atoms with Gasteiger partial charge in [0.1, 0.15) is 5.75 Å². The molecule has 0 aromatic heterocycles. The highest BCUT2D eigenvalue weighted by Crippen LogP contribution is 2.20. The molecule has 1 fully saturated rings. The maximum absolute atomic E-state index is 12.0. The van der Waals surface area contributed by atoms with Crippen LogP contribution >= 0.6 is 11.6 Å². The molecule has 1 N–H and O–H groups in total. The molecule has 20 heavy (non-hydrogen) atoms. The molecule has 1 amide bonds. The fraction of sp³-hybridized carbons (Fsp3) is 0.462. The third kappa shape index (κ3) is 3.64. The Hall–Kier alpha value is -1.27. The number of hydrogen-bond acceptors (Lipinski definition) is 4. The number of para-hydroxylation sites is 1. The van der Waals surface area contributed by atoms with Gasteiger partial charge in [-0.15, -0.1) is 11.6 Å². The second kappa shape index (κ2) is 6.01. The highest BCUT2D eigenvalue weighted by molar-refractivity contribution is 7.91. The number of sulfone groups is 1. The predicted molar refractivity (Wildman–Crippen MR) is 76.9 cm³/mol. The van der Waals surface area contributed by atoms with Crippen LogP contribution in [0.4, 0.5) is 0 Å². The molecule has 5 nitrogen and oxygen atoms in total. The van der Waals surface area contributed by atoms with E-state index >= 15 is 0 Å². The largest absolute Gasteiger partial charge is 0.496 e. The number of halogens is 1. The summed E-state index contributed by atoms with van der Waals surface area (Å²) in [4.78, 5) is 12.0. The average molecular weight is 318 g/mol. The van der Waals surface area contributed by atoms with Gasteiger partial charge in [-0.3, -0.25) is 4.79 Å². The van der Waals surface area contributed by atoms with Crippen LogP contribution in [0.1, 0.15) is 5.56 Å². The van der Waals surface area contributed by atoms with Gasteiger partial charge in [0.25, 0.3) is 0 Å². The standard InChI is InChI=1S/C13H16ClNO4S/c1-19-12-5-3-2-4-9(12)6-13(16)15-11-8-20(17,18)7-10(11)14/h2-5,10-11H,6-8H2,1H3,(H,15,16)/t10-,11-/m1/s1. The van der Waals surface area contributed by atoms with Gasteiger partial charge in [0.05, 0.1) is 36.5 Å². The zero-order valence-corrected chi connectivity index (χ0v) is 12.6. The highest BCUT2D eigenvalue weighted by atomic mass is 35.5. The van der Waals surface area contributed by atoms with E-state index in [1.807, 2.05) is 12.1 Å². The molecule has 0 bridgehead atoms. The molecule has 2 atom stereocenters. The van der Waals surface area contributed by atoms with Crippen molar-refractivity contribution in [2.45, 2.75) is 17.8 Å². The first-order valence-electron chi connectivity index (χ1n) is 6.17. The minimum atomic E-state index is -3.15. The molecule has 7 heteroatoms. The van der Waals surface area contributed by atoms with Crippen LogP contribution in [0, 0.1) is 0 Å². The molecule has 0 unspecified atom stereocenters. The molecule has 0 spiro atoms. The van der Waals surface area contributed by atoms with Gasteiger partial charge in [0, 0.05) is 5.56 Å². The van der Waals surface area contributed by atoms with E-state index in [2.05, 4.69) is 5.32 Å². The Kier molecular flexibility index (Phi) is 4.55. The normalized spacial score (nSPS) is 24.3. The number of hydrogen-bond donors (Lipinski definition) is 1. The van der Waals surface area contributed by atoms with Crippen LogP contribution in [0.15, 0.2) is 24.3 Å². The summed E-state index contributed by atoms with van der Waals surface area (Å²) >= 11 is 5.95. The number of methoxy groups -OCH3 is 1. The maximum Gasteiger partial charge on any atom is 0.224 e. The summed E-state index contributed by atoms with van der Waals surface area (Å²) in [5.74, 6) is 0.179. The molecule has 110 valence electrons. The number of amides is 1. The van der Waals surface area contributed by atoms with Gasteiger partial charge in [0.15, 0.2) is 9.84 Å². The zero-order valence-electron chi connectivity index (χ0n) is 11.0. The molecule has 0 radical (unpaired) electrons. The second-order valence-electron chi connectivity index (χ2n) is 4.76. The minimum Gasteiger partial charge on any atom is -0.496 e. The topological polar surface area (TPSA) is 72.5 Å². The van der Waals surface area contributed by atoms with Crippen molar-refractivity contribution in [1.29, 1.82) is 0 Å². The lowest BCUT2D eigenvalue weighted by molar-refractivity contribution is -0.121. The summed E-state index contributed by atoms with van der Waals surface area (Å²) in [6.45, 7) is 0. The van der Waals surface area contributed by atoms with Gasteiger partial charge in [-0.25, -0.2) is 8.42 Å². The van der Waals surface area contributed by atoms with Gasteiger partial charge in [-0.05, 0) is 6.07 Å². The fourth-order valence-corrected chi connectivity index (χ4v) is 4.77. The number of nitrogens with one attached hydrogen (secondary N) is 1. The summed E-state index contributed by atoms with van der Waals surface area (Å²) in [5, 5.41) is 2.11. The van der Waals surface area contributed by atoms with Crippen LogP contribution in [0.3, 0.4) is 0 Å². The van der Waals surface area contributed by atoms with Gasteiger partial charge in [0.2, 0.25) is 5.91 Å². The van der Waals surface area contributed by atoms with Crippen molar-refractivity contribution < 1.29 is 17.9 Å². The van der Waals surface area contributed by atoms with Crippen molar-refractivity contribution in [3.05, 3.63) is 29.8 Å². The van der Waals surface area contributed by atoms with E-state index in [1.165, 1.54) is 7.11 Å². The molecule has 2 rings (SSSR count). The summed E-state index contributed by atoms with van der Waals surface area (Å²) in [6, 6.07) is 6.67. The molecule has 0 aliphatic carbocycles. The van der Waals surface area contributed by atoms with E-state index in [1.54, 1.807) is 12.1 Å². The average Bonchev–Trinajstić information content (AvgIpc) is 2.62. The molecule has 1 heterocycles. The quantitative estimate of drug-likeness (QED) is 0.832. The molecule has 1 aromatic rings. The first-order chi connectivity index (χ1) is 9.41. The third-order valence-corrected chi connectivity index (χ3v) is 5.55. The van der Waals surface area contributed by atoms with E-state index in [0.717, 1.165) is 5.56 Å². The summed E-state index contributed by atoms with van der Waals surface area (Å²) in [5.41, 5.74) is 0.750. The van der Waals surface area contributed by atoms with Crippen LogP contribution in [0.5, 0.6) is 5.75 Å². The number of rotatable bonds is 4. The lowest BCUT2D eigenvalue weighted by atomic mass is 10.1. The Bertz CT molecular complexity index is 602. The van der Waals surface area contributed by atoms with E-state index in [-0.39, 0.29) is 23.8 Å². The Morgan fingerprint density at radius 2 is 2.10 bits per heavy atom. The SMILES string of the molecule is COc1ccccc1CC(=O)N[C@@H]1CS(=O)(=O)C[C@H]1Cl. The molecule has 1 aliphatic heterocycles. The second-order valence-corrected chi connectivity index (χ2v) is 7.47. The van der Waals surface area contributed by atoms with Crippen molar-refractivity contribution in [3.63, 3.8) is 0 Å². The Morgan fingerprint density at radius 3 is 2.70 bits per heavy atom. The predicted octanol–water partition coefficient (Wildman–Crippen LogP) is 0.758. The number of carbonyl (C=O) groups excluding carboxylic acids is 1. The van der Waals surface area contributed by atoms with Gasteiger partial charge >= 0.3 is 0 Å². The highest BCUT2D eigenvalue weighted by Gasteiger charge is 2.37. The van der Waals surface area contributed by atoms with Crippen LogP contribution in [0.25, 0.3) is 0 Å². The first kappa shape index (κ1) is 15.1. The summed E-state index contributed by atoms with van der Waals surface area (Å²) < 4.78 is 28.0. The lowest BCUT2D eigenvalue weighted by Crippen LogP contribution is -2.41. The van der Waals surface area contributed by atoms with Crippen molar-refractivity contribution in [3.8, 4) is 5.75 Å². The van der Waals surface area contributed by atoms with Crippen LogP contribution < -0.4 is 10.1 Å². The Balaban J connectivity index is 2.00. The third-order valence-electron chi connectivity index (χ3n) is 3.17. The lowest BCUT2D eigenvalue weighted by Gasteiger charge is -2.15. The Labute approximate surface area is 123 Å². The van der Waals surface area contributed by atoms with Crippen molar-refractivity contribution >= 4 is 27.3 Å². The zero-order chi connectivity index (χ0) is 14.8. The number of ether oxygens (including phenoxy) is 1. The first-order valence-corrected chi connectivity index (χ1v) is 8.43. The van der Waals surface area contributed by atoms with Gasteiger partial charge < -0.3 is 10.1 Å². The van der Waals surface area contributed by atoms with Crippen LogP contribution in [-0.4, -0.2) is 44.4 Å². The van der Waals surface area contributed by atoms with E-state index in [0.29, 0.717) is 5.75 Å². The fourth-order valence-electron chi connectivity index (χ4n) is 2.22. The van der Waals surface area contributed by atoms with Gasteiger partial charge in [-0.1, -0.05) is 18.2 Å². The van der Waals surface area contributed by atoms with E-state index in [4.69, 9.17) is 16.3 Å².